The molecule has 126 valence electrons. The summed E-state index contributed by atoms with van der Waals surface area (Å²) in [5, 5.41) is 12.5. The lowest BCUT2D eigenvalue weighted by atomic mass is 10.1. The third kappa shape index (κ3) is 2.98. The second-order valence-corrected chi connectivity index (χ2v) is 5.79. The molecular formula is C20H14FN5. The lowest BCUT2D eigenvalue weighted by molar-refractivity contribution is 0.627. The van der Waals surface area contributed by atoms with Crippen LogP contribution in [0.15, 0.2) is 67.1 Å². The lowest BCUT2D eigenvalue weighted by Crippen LogP contribution is -2.03. The highest BCUT2D eigenvalue weighted by Crippen LogP contribution is 2.29. The van der Waals surface area contributed by atoms with E-state index in [1.165, 1.54) is 12.1 Å². The maximum Gasteiger partial charge on any atom is 0.157 e. The van der Waals surface area contributed by atoms with Crippen molar-refractivity contribution in [2.75, 3.05) is 5.32 Å². The van der Waals surface area contributed by atoms with Crippen LogP contribution in [0.3, 0.4) is 0 Å². The topological polar surface area (TPSA) is 66.0 Å². The second kappa shape index (κ2) is 6.65. The van der Waals surface area contributed by atoms with Crippen molar-refractivity contribution in [3.05, 3.63) is 84.1 Å². The fraction of sp³-hybridized carbons (Fsp3) is 0.0500. The van der Waals surface area contributed by atoms with E-state index < -0.39 is 0 Å². The van der Waals surface area contributed by atoms with Crippen molar-refractivity contribution in [3.8, 4) is 17.3 Å². The molecule has 1 N–H and O–H groups in total. The minimum absolute atomic E-state index is 0.261. The summed E-state index contributed by atoms with van der Waals surface area (Å²) in [4.78, 5) is 8.77. The van der Waals surface area contributed by atoms with E-state index in [1.54, 1.807) is 36.7 Å². The maximum atomic E-state index is 13.1. The highest BCUT2D eigenvalue weighted by molar-refractivity contribution is 5.77. The summed E-state index contributed by atoms with van der Waals surface area (Å²) < 4.78 is 15.0. The molecule has 4 rings (SSSR count). The van der Waals surface area contributed by atoms with Crippen LogP contribution in [0.5, 0.6) is 0 Å². The van der Waals surface area contributed by atoms with E-state index in [-0.39, 0.29) is 5.82 Å². The molecule has 2 aromatic heterocycles. The van der Waals surface area contributed by atoms with Crippen molar-refractivity contribution < 1.29 is 4.39 Å². The van der Waals surface area contributed by atoms with Gasteiger partial charge in [-0.15, -0.1) is 0 Å². The average Bonchev–Trinajstić information content (AvgIpc) is 3.06. The predicted molar refractivity (Wildman–Crippen MR) is 96.9 cm³/mol. The molecule has 5 nitrogen and oxygen atoms in total. The fourth-order valence-corrected chi connectivity index (χ4v) is 2.80. The first-order valence-electron chi connectivity index (χ1n) is 8.05. The Hall–Kier alpha value is -3.72. The van der Waals surface area contributed by atoms with Crippen LogP contribution in [-0.2, 0) is 6.54 Å². The van der Waals surface area contributed by atoms with Gasteiger partial charge in [-0.05, 0) is 29.8 Å². The van der Waals surface area contributed by atoms with Crippen molar-refractivity contribution >= 4 is 11.5 Å². The lowest BCUT2D eigenvalue weighted by Gasteiger charge is -2.09. The van der Waals surface area contributed by atoms with E-state index in [9.17, 15) is 4.39 Å². The van der Waals surface area contributed by atoms with Gasteiger partial charge in [-0.2, -0.15) is 5.26 Å². The summed E-state index contributed by atoms with van der Waals surface area (Å²) in [7, 11) is 0. The molecule has 6 heteroatoms. The van der Waals surface area contributed by atoms with E-state index in [2.05, 4.69) is 21.4 Å². The molecule has 0 fully saturated rings. The number of fused-ring (bicyclic) bond motifs is 1. The van der Waals surface area contributed by atoms with Crippen LogP contribution >= 0.6 is 0 Å². The van der Waals surface area contributed by atoms with Gasteiger partial charge in [0, 0.05) is 24.5 Å². The Morgan fingerprint density at radius 1 is 1.15 bits per heavy atom. The fourth-order valence-electron chi connectivity index (χ4n) is 2.80. The quantitative estimate of drug-likeness (QED) is 0.608. The van der Waals surface area contributed by atoms with Gasteiger partial charge in [0.2, 0.25) is 0 Å². The molecule has 4 aromatic rings. The van der Waals surface area contributed by atoms with Crippen LogP contribution in [0.1, 0.15) is 11.1 Å². The van der Waals surface area contributed by atoms with E-state index in [0.717, 1.165) is 22.6 Å². The molecule has 0 spiro atoms. The molecule has 0 radical (unpaired) electrons. The summed E-state index contributed by atoms with van der Waals surface area (Å²) in [5.41, 5.74) is 3.80. The van der Waals surface area contributed by atoms with Crippen LogP contribution in [-0.4, -0.2) is 14.4 Å². The number of imidazole rings is 1. The zero-order valence-electron chi connectivity index (χ0n) is 13.7. The summed E-state index contributed by atoms with van der Waals surface area (Å²) in [6.45, 7) is 0.515. The molecule has 0 unspecified atom stereocenters. The summed E-state index contributed by atoms with van der Waals surface area (Å²) >= 11 is 0. The van der Waals surface area contributed by atoms with Gasteiger partial charge in [0.1, 0.15) is 17.3 Å². The first-order chi connectivity index (χ1) is 12.7. The standard InChI is InChI=1S/C20H14FN5/c21-17-6-4-14(5-7-17)12-24-20-19(16-3-1-2-15(10-16)11-22)25-18-13-23-8-9-26(18)20/h1-10,13,24H,12H2. The largest absolute Gasteiger partial charge is 0.365 e. The van der Waals surface area contributed by atoms with Gasteiger partial charge in [-0.3, -0.25) is 9.38 Å². The molecule has 26 heavy (non-hydrogen) atoms. The van der Waals surface area contributed by atoms with E-state index in [4.69, 9.17) is 5.26 Å². The molecule has 0 atom stereocenters. The number of halogens is 1. The van der Waals surface area contributed by atoms with Gasteiger partial charge in [0.05, 0.1) is 17.8 Å². The third-order valence-electron chi connectivity index (χ3n) is 4.07. The van der Waals surface area contributed by atoms with E-state index >= 15 is 0 Å². The Labute approximate surface area is 149 Å². The predicted octanol–water partition coefficient (Wildman–Crippen LogP) is 4.02. The van der Waals surface area contributed by atoms with Gasteiger partial charge in [0.15, 0.2) is 5.65 Å². The Morgan fingerprint density at radius 2 is 2.00 bits per heavy atom. The SMILES string of the molecule is N#Cc1cccc(-c2nc3cnccn3c2NCc2ccc(F)cc2)c1. The summed E-state index contributed by atoms with van der Waals surface area (Å²) in [5.74, 6) is 0.533. The number of benzene rings is 2. The Balaban J connectivity index is 1.76. The van der Waals surface area contributed by atoms with Gasteiger partial charge >= 0.3 is 0 Å². The maximum absolute atomic E-state index is 13.1. The van der Waals surface area contributed by atoms with Crippen molar-refractivity contribution in [2.45, 2.75) is 6.54 Å². The van der Waals surface area contributed by atoms with Crippen LogP contribution in [0.25, 0.3) is 16.9 Å². The van der Waals surface area contributed by atoms with Gasteiger partial charge in [-0.25, -0.2) is 9.37 Å². The Bertz CT molecular complexity index is 1110. The van der Waals surface area contributed by atoms with E-state index in [1.807, 2.05) is 22.7 Å². The first-order valence-corrected chi connectivity index (χ1v) is 8.05. The van der Waals surface area contributed by atoms with Crippen LogP contribution in [0, 0.1) is 17.1 Å². The van der Waals surface area contributed by atoms with Crippen LogP contribution < -0.4 is 5.32 Å². The zero-order chi connectivity index (χ0) is 17.9. The Morgan fingerprint density at radius 3 is 2.81 bits per heavy atom. The first kappa shape index (κ1) is 15.8. The Kier molecular flexibility index (Phi) is 4.04. The third-order valence-corrected chi connectivity index (χ3v) is 4.07. The zero-order valence-corrected chi connectivity index (χ0v) is 13.7. The second-order valence-electron chi connectivity index (χ2n) is 5.79. The van der Waals surface area contributed by atoms with E-state index in [0.29, 0.717) is 17.8 Å². The normalized spacial score (nSPS) is 10.6. The molecule has 0 aliphatic carbocycles. The molecule has 0 aliphatic heterocycles. The number of nitrogens with one attached hydrogen (secondary N) is 1. The van der Waals surface area contributed by atoms with Crippen molar-refractivity contribution in [2.24, 2.45) is 0 Å². The molecule has 0 amide bonds. The van der Waals surface area contributed by atoms with Crippen molar-refractivity contribution in [3.63, 3.8) is 0 Å². The molecular weight excluding hydrogens is 329 g/mol. The average molecular weight is 343 g/mol. The minimum atomic E-state index is -0.261. The van der Waals surface area contributed by atoms with Crippen molar-refractivity contribution in [1.82, 2.24) is 14.4 Å². The molecule has 2 aromatic carbocycles. The van der Waals surface area contributed by atoms with Crippen molar-refractivity contribution in [1.29, 1.82) is 5.26 Å². The van der Waals surface area contributed by atoms with Crippen LogP contribution in [0.2, 0.25) is 0 Å². The summed E-state index contributed by atoms with van der Waals surface area (Å²) in [6, 6.07) is 15.8. The number of aromatic nitrogens is 3. The highest BCUT2D eigenvalue weighted by Gasteiger charge is 2.14. The molecule has 0 saturated heterocycles. The van der Waals surface area contributed by atoms with Gasteiger partial charge in [0.25, 0.3) is 0 Å². The number of rotatable bonds is 4. The smallest absolute Gasteiger partial charge is 0.157 e. The number of nitrogens with zero attached hydrogens (tertiary/aromatic N) is 4. The number of hydrogen-bond donors (Lipinski definition) is 1. The number of nitriles is 1. The van der Waals surface area contributed by atoms with Gasteiger partial charge < -0.3 is 5.32 Å². The highest BCUT2D eigenvalue weighted by atomic mass is 19.1. The molecule has 0 saturated carbocycles. The van der Waals surface area contributed by atoms with Crippen LogP contribution in [0.4, 0.5) is 10.2 Å². The molecule has 0 aliphatic rings. The van der Waals surface area contributed by atoms with Gasteiger partial charge in [-0.1, -0.05) is 24.3 Å². The number of anilines is 1. The molecule has 2 heterocycles. The minimum Gasteiger partial charge on any atom is -0.365 e. The summed E-state index contributed by atoms with van der Waals surface area (Å²) in [6.07, 6.45) is 5.20. The monoisotopic (exact) mass is 343 g/mol. The number of hydrogen-bond acceptors (Lipinski definition) is 4. The molecule has 0 bridgehead atoms.